The normalized spacial score (nSPS) is 10.9. The second-order valence-corrected chi connectivity index (χ2v) is 2.57. The number of rotatable bonds is 1. The third-order valence-corrected chi connectivity index (χ3v) is 1.77. The van der Waals surface area contributed by atoms with Crippen LogP contribution in [0.1, 0.15) is 5.01 Å². The van der Waals surface area contributed by atoms with Crippen molar-refractivity contribution >= 4 is 23.2 Å². The number of isocyanates is 1. The molecule has 1 aromatic heterocycles. The molecule has 0 unspecified atom stereocenters. The van der Waals surface area contributed by atoms with Crippen LogP contribution in [0.3, 0.4) is 0 Å². The van der Waals surface area contributed by atoms with Crippen LogP contribution in [0, 0.1) is 0 Å². The van der Waals surface area contributed by atoms with Gasteiger partial charge in [0, 0.05) is 5.38 Å². The van der Waals surface area contributed by atoms with E-state index in [1.807, 2.05) is 0 Å². The number of carbonyl (C=O) groups excluding carboxylic acids is 1. The first-order valence-electron chi connectivity index (χ1n) is 2.64. The van der Waals surface area contributed by atoms with Crippen LogP contribution in [-0.4, -0.2) is 11.1 Å². The number of nitrogens with zero attached hydrogens (tertiary/aromatic N) is 2. The van der Waals surface area contributed by atoms with E-state index < -0.39 is 11.2 Å². The highest BCUT2D eigenvalue weighted by molar-refractivity contribution is 7.10. The number of halogens is 3. The van der Waals surface area contributed by atoms with Crippen molar-refractivity contribution in [2.45, 2.75) is 6.18 Å². The van der Waals surface area contributed by atoms with Crippen LogP contribution in [0.4, 0.5) is 19.0 Å². The highest BCUT2D eigenvalue weighted by atomic mass is 32.1. The Morgan fingerprint density at radius 3 is 2.67 bits per heavy atom. The second kappa shape index (κ2) is 3.04. The van der Waals surface area contributed by atoms with Gasteiger partial charge in [-0.25, -0.2) is 9.78 Å². The van der Waals surface area contributed by atoms with Crippen molar-refractivity contribution in [1.82, 2.24) is 4.98 Å². The summed E-state index contributed by atoms with van der Waals surface area (Å²) in [6.45, 7) is 0. The van der Waals surface area contributed by atoms with E-state index in [-0.39, 0.29) is 5.82 Å². The first-order chi connectivity index (χ1) is 5.54. The fourth-order valence-corrected chi connectivity index (χ4v) is 1.10. The van der Waals surface area contributed by atoms with E-state index in [0.29, 0.717) is 11.3 Å². The minimum absolute atomic E-state index is 0.262. The molecule has 0 aromatic carbocycles. The quantitative estimate of drug-likeness (QED) is 0.507. The van der Waals surface area contributed by atoms with Gasteiger partial charge in [-0.1, -0.05) is 0 Å². The molecule has 0 aliphatic rings. The van der Waals surface area contributed by atoms with Crippen LogP contribution in [0.2, 0.25) is 0 Å². The highest BCUT2D eigenvalue weighted by Crippen LogP contribution is 2.33. The second-order valence-electron chi connectivity index (χ2n) is 1.71. The molecule has 0 bridgehead atoms. The molecule has 12 heavy (non-hydrogen) atoms. The maximum atomic E-state index is 11.8. The lowest BCUT2D eigenvalue weighted by Crippen LogP contribution is -2.03. The van der Waals surface area contributed by atoms with Crippen LogP contribution < -0.4 is 0 Å². The maximum absolute atomic E-state index is 11.8. The zero-order valence-corrected chi connectivity index (χ0v) is 6.24. The molecule has 0 atom stereocenters. The van der Waals surface area contributed by atoms with E-state index in [1.54, 1.807) is 0 Å². The molecule has 0 saturated carbocycles. The molecule has 0 N–H and O–H groups in total. The van der Waals surface area contributed by atoms with Gasteiger partial charge in [0.05, 0.1) is 0 Å². The highest BCUT2D eigenvalue weighted by Gasteiger charge is 2.34. The third kappa shape index (κ3) is 1.90. The van der Waals surface area contributed by atoms with E-state index in [4.69, 9.17) is 0 Å². The van der Waals surface area contributed by atoms with E-state index in [1.165, 1.54) is 0 Å². The van der Waals surface area contributed by atoms with Crippen LogP contribution >= 0.6 is 11.3 Å². The number of aliphatic imine (C=N–C) groups is 1. The average molecular weight is 194 g/mol. The lowest BCUT2D eigenvalue weighted by Gasteiger charge is -1.98. The third-order valence-electron chi connectivity index (χ3n) is 0.895. The predicted octanol–water partition coefficient (Wildman–Crippen LogP) is 2.13. The Kier molecular flexibility index (Phi) is 2.25. The summed E-state index contributed by atoms with van der Waals surface area (Å²) in [7, 11) is 0. The summed E-state index contributed by atoms with van der Waals surface area (Å²) in [5.41, 5.74) is 0. The van der Waals surface area contributed by atoms with Gasteiger partial charge in [0.15, 0.2) is 10.8 Å². The molecule has 0 radical (unpaired) electrons. The molecular formula is C5HF3N2OS. The summed E-state index contributed by atoms with van der Waals surface area (Å²) in [6.07, 6.45) is -3.37. The molecule has 0 aliphatic carbocycles. The Hall–Kier alpha value is -1.20. The van der Waals surface area contributed by atoms with Gasteiger partial charge in [-0.3, -0.25) is 0 Å². The Morgan fingerprint density at radius 1 is 1.58 bits per heavy atom. The van der Waals surface area contributed by atoms with Gasteiger partial charge in [-0.2, -0.15) is 13.2 Å². The van der Waals surface area contributed by atoms with Gasteiger partial charge in [-0.05, 0) is 0 Å². The van der Waals surface area contributed by atoms with Gasteiger partial charge in [0.2, 0.25) is 6.08 Å². The summed E-state index contributed by atoms with van der Waals surface area (Å²) < 4.78 is 35.5. The van der Waals surface area contributed by atoms with E-state index in [9.17, 15) is 18.0 Å². The first kappa shape index (κ1) is 8.89. The molecule has 64 valence electrons. The fraction of sp³-hybridized carbons (Fsp3) is 0.200. The SMILES string of the molecule is O=C=Nc1csc(C(F)(F)F)n1. The topological polar surface area (TPSA) is 42.3 Å². The minimum Gasteiger partial charge on any atom is -0.212 e. The molecule has 0 fully saturated rings. The lowest BCUT2D eigenvalue weighted by atomic mass is 10.7. The summed E-state index contributed by atoms with van der Waals surface area (Å²) in [4.78, 5) is 15.6. The van der Waals surface area contributed by atoms with Gasteiger partial charge in [0.1, 0.15) is 0 Å². The number of aromatic nitrogens is 1. The van der Waals surface area contributed by atoms with Crippen molar-refractivity contribution in [3.63, 3.8) is 0 Å². The van der Waals surface area contributed by atoms with E-state index >= 15 is 0 Å². The van der Waals surface area contributed by atoms with Crippen molar-refractivity contribution in [2.75, 3.05) is 0 Å². The molecule has 0 spiro atoms. The van der Waals surface area contributed by atoms with Crippen LogP contribution in [-0.2, 0) is 11.0 Å². The zero-order valence-electron chi connectivity index (χ0n) is 5.42. The van der Waals surface area contributed by atoms with Crippen LogP contribution in [0.15, 0.2) is 10.4 Å². The maximum Gasteiger partial charge on any atom is 0.443 e. The molecule has 0 aliphatic heterocycles. The van der Waals surface area contributed by atoms with Gasteiger partial charge in [0.25, 0.3) is 0 Å². The number of hydrogen-bond acceptors (Lipinski definition) is 4. The number of thiazole rings is 1. The summed E-state index contributed by atoms with van der Waals surface area (Å²) in [5.74, 6) is -0.262. The van der Waals surface area contributed by atoms with E-state index in [2.05, 4.69) is 9.98 Å². The zero-order chi connectivity index (χ0) is 9.19. The molecule has 0 saturated heterocycles. The molecular weight excluding hydrogens is 193 g/mol. The Labute approximate surface area is 68.6 Å². The molecule has 0 amide bonds. The minimum atomic E-state index is -4.47. The summed E-state index contributed by atoms with van der Waals surface area (Å²) in [5, 5.41) is 0.0183. The van der Waals surface area contributed by atoms with Gasteiger partial charge < -0.3 is 0 Å². The number of hydrogen-bond donors (Lipinski definition) is 0. The lowest BCUT2D eigenvalue weighted by molar-refractivity contribution is -0.137. The van der Waals surface area contributed by atoms with Gasteiger partial charge in [-0.15, -0.1) is 16.3 Å². The van der Waals surface area contributed by atoms with Crippen LogP contribution in [0.25, 0.3) is 0 Å². The molecule has 1 aromatic rings. The number of alkyl halides is 3. The molecule has 7 heteroatoms. The van der Waals surface area contributed by atoms with Crippen molar-refractivity contribution in [2.24, 2.45) is 4.99 Å². The summed E-state index contributed by atoms with van der Waals surface area (Å²) in [6, 6.07) is 0. The standard InChI is InChI=1S/C5HF3N2OS/c6-5(7,8)4-10-3(1-12-4)9-2-11/h1H. The fourth-order valence-electron chi connectivity index (χ4n) is 0.494. The Bertz CT molecular complexity index is 326. The molecule has 3 nitrogen and oxygen atoms in total. The van der Waals surface area contributed by atoms with Crippen molar-refractivity contribution in [1.29, 1.82) is 0 Å². The largest absolute Gasteiger partial charge is 0.443 e. The summed E-state index contributed by atoms with van der Waals surface area (Å²) >= 11 is 0.388. The van der Waals surface area contributed by atoms with Crippen LogP contribution in [0.5, 0.6) is 0 Å². The van der Waals surface area contributed by atoms with Crippen molar-refractivity contribution < 1.29 is 18.0 Å². The van der Waals surface area contributed by atoms with E-state index in [0.717, 1.165) is 11.5 Å². The van der Waals surface area contributed by atoms with Crippen molar-refractivity contribution in [3.8, 4) is 0 Å². The smallest absolute Gasteiger partial charge is 0.212 e. The molecule has 1 rings (SSSR count). The van der Waals surface area contributed by atoms with Gasteiger partial charge >= 0.3 is 6.18 Å². The predicted molar refractivity (Wildman–Crippen MR) is 34.9 cm³/mol. The average Bonchev–Trinajstić information content (AvgIpc) is 2.35. The Balaban J connectivity index is 2.99. The Morgan fingerprint density at radius 2 is 2.25 bits per heavy atom. The first-order valence-corrected chi connectivity index (χ1v) is 3.52. The van der Waals surface area contributed by atoms with Crippen molar-refractivity contribution in [3.05, 3.63) is 10.4 Å². The monoisotopic (exact) mass is 194 g/mol. The molecule has 1 heterocycles.